The number of hydrogen-bond donors (Lipinski definition) is 2. The van der Waals surface area contributed by atoms with E-state index in [1.807, 2.05) is 0 Å². The molecule has 1 aromatic rings. The first-order chi connectivity index (χ1) is 8.56. The van der Waals surface area contributed by atoms with Gasteiger partial charge in [-0.25, -0.2) is 8.78 Å². The summed E-state index contributed by atoms with van der Waals surface area (Å²) in [5, 5.41) is 11.7. The van der Waals surface area contributed by atoms with Gasteiger partial charge in [-0.05, 0) is 18.9 Å². The van der Waals surface area contributed by atoms with Crippen molar-refractivity contribution in [2.45, 2.75) is 19.3 Å². The van der Waals surface area contributed by atoms with E-state index in [-0.39, 0.29) is 29.9 Å². The van der Waals surface area contributed by atoms with Crippen LogP contribution in [0.4, 0.5) is 8.78 Å². The normalized spacial score (nSPS) is 16.4. The van der Waals surface area contributed by atoms with Crippen molar-refractivity contribution in [3.05, 3.63) is 35.4 Å². The average molecular weight is 255 g/mol. The number of halogens is 2. The van der Waals surface area contributed by atoms with Gasteiger partial charge in [0.1, 0.15) is 0 Å². The molecular weight excluding hydrogens is 240 g/mol. The molecule has 0 bridgehead atoms. The Morgan fingerprint density at radius 1 is 1.39 bits per heavy atom. The number of amides is 1. The molecule has 0 atom stereocenters. The van der Waals surface area contributed by atoms with Crippen molar-refractivity contribution < 1.29 is 18.7 Å². The van der Waals surface area contributed by atoms with Gasteiger partial charge in [-0.2, -0.15) is 0 Å². The van der Waals surface area contributed by atoms with Crippen LogP contribution in [0, 0.1) is 17.0 Å². The minimum absolute atomic E-state index is 0.0429. The Labute approximate surface area is 104 Å². The van der Waals surface area contributed by atoms with Crippen molar-refractivity contribution in [1.82, 2.24) is 5.32 Å². The lowest BCUT2D eigenvalue weighted by Gasteiger charge is -2.12. The van der Waals surface area contributed by atoms with E-state index in [1.165, 1.54) is 12.1 Å². The van der Waals surface area contributed by atoms with Crippen LogP contribution < -0.4 is 5.32 Å². The number of benzene rings is 1. The first-order valence-corrected chi connectivity index (χ1v) is 5.87. The Kier molecular flexibility index (Phi) is 3.61. The molecule has 1 aliphatic carbocycles. The van der Waals surface area contributed by atoms with Gasteiger partial charge in [-0.15, -0.1) is 0 Å². The van der Waals surface area contributed by atoms with Crippen LogP contribution in [0.25, 0.3) is 0 Å². The predicted molar refractivity (Wildman–Crippen MR) is 61.8 cm³/mol. The fourth-order valence-electron chi connectivity index (χ4n) is 1.77. The van der Waals surface area contributed by atoms with Gasteiger partial charge in [0.15, 0.2) is 11.6 Å². The molecule has 1 aromatic carbocycles. The molecule has 18 heavy (non-hydrogen) atoms. The molecule has 0 saturated heterocycles. The molecule has 1 fully saturated rings. The van der Waals surface area contributed by atoms with E-state index >= 15 is 0 Å². The minimum Gasteiger partial charge on any atom is -0.396 e. The number of rotatable bonds is 5. The van der Waals surface area contributed by atoms with Crippen molar-refractivity contribution >= 4 is 5.91 Å². The second-order valence-electron chi connectivity index (χ2n) is 4.82. The zero-order valence-electron chi connectivity index (χ0n) is 9.88. The monoisotopic (exact) mass is 255 g/mol. The van der Waals surface area contributed by atoms with Crippen LogP contribution >= 0.6 is 0 Å². The first kappa shape index (κ1) is 13.0. The van der Waals surface area contributed by atoms with E-state index in [2.05, 4.69) is 5.32 Å². The SMILES string of the molecule is O=C(Cc1cccc(F)c1F)NCC1(CO)CC1. The molecule has 0 aliphatic heterocycles. The van der Waals surface area contributed by atoms with Gasteiger partial charge in [-0.1, -0.05) is 12.1 Å². The number of aliphatic hydroxyl groups excluding tert-OH is 1. The summed E-state index contributed by atoms with van der Waals surface area (Å²) >= 11 is 0. The highest BCUT2D eigenvalue weighted by atomic mass is 19.2. The van der Waals surface area contributed by atoms with Crippen LogP contribution in [0.2, 0.25) is 0 Å². The maximum Gasteiger partial charge on any atom is 0.224 e. The molecule has 0 heterocycles. The standard InChI is InChI=1S/C13H15F2NO2/c14-10-3-1-2-9(12(10)15)6-11(18)16-7-13(8-17)4-5-13/h1-3,17H,4-8H2,(H,16,18). The summed E-state index contributed by atoms with van der Waals surface area (Å²) in [6, 6.07) is 3.77. The largest absolute Gasteiger partial charge is 0.396 e. The van der Waals surface area contributed by atoms with Gasteiger partial charge in [0.05, 0.1) is 13.0 Å². The summed E-state index contributed by atoms with van der Waals surface area (Å²) in [4.78, 5) is 11.6. The van der Waals surface area contributed by atoms with E-state index in [9.17, 15) is 13.6 Å². The molecule has 0 spiro atoms. The van der Waals surface area contributed by atoms with Crippen LogP contribution in [0.15, 0.2) is 18.2 Å². The third-order valence-corrected chi connectivity index (χ3v) is 3.34. The topological polar surface area (TPSA) is 49.3 Å². The lowest BCUT2D eigenvalue weighted by atomic mass is 10.1. The van der Waals surface area contributed by atoms with Crippen LogP contribution in [0.1, 0.15) is 18.4 Å². The second kappa shape index (κ2) is 5.02. The van der Waals surface area contributed by atoms with Gasteiger partial charge in [-0.3, -0.25) is 4.79 Å². The van der Waals surface area contributed by atoms with Gasteiger partial charge >= 0.3 is 0 Å². The lowest BCUT2D eigenvalue weighted by molar-refractivity contribution is -0.120. The second-order valence-corrected chi connectivity index (χ2v) is 4.82. The number of aliphatic hydroxyl groups is 1. The van der Waals surface area contributed by atoms with E-state index in [1.54, 1.807) is 0 Å². The summed E-state index contributed by atoms with van der Waals surface area (Å²) < 4.78 is 26.2. The van der Waals surface area contributed by atoms with Crippen LogP contribution in [-0.4, -0.2) is 24.2 Å². The quantitative estimate of drug-likeness (QED) is 0.835. The van der Waals surface area contributed by atoms with Gasteiger partial charge in [0, 0.05) is 17.5 Å². The smallest absolute Gasteiger partial charge is 0.224 e. The third-order valence-electron chi connectivity index (χ3n) is 3.34. The van der Waals surface area contributed by atoms with Crippen molar-refractivity contribution in [3.8, 4) is 0 Å². The summed E-state index contributed by atoms with van der Waals surface area (Å²) in [5.74, 6) is -2.29. The maximum absolute atomic E-state index is 13.3. The molecule has 0 aromatic heterocycles. The number of carbonyl (C=O) groups is 1. The zero-order chi connectivity index (χ0) is 13.2. The summed E-state index contributed by atoms with van der Waals surface area (Å²) in [5.41, 5.74) is -0.141. The number of carbonyl (C=O) groups excluding carboxylic acids is 1. The molecule has 98 valence electrons. The van der Waals surface area contributed by atoms with E-state index in [4.69, 9.17) is 5.11 Å². The Bertz CT molecular complexity index is 458. The molecule has 1 aliphatic rings. The molecule has 2 rings (SSSR count). The fourth-order valence-corrected chi connectivity index (χ4v) is 1.77. The Balaban J connectivity index is 1.89. The van der Waals surface area contributed by atoms with Crippen molar-refractivity contribution in [2.75, 3.05) is 13.2 Å². The molecule has 1 saturated carbocycles. The Hall–Kier alpha value is -1.49. The summed E-state index contributed by atoms with van der Waals surface area (Å²) in [6.07, 6.45) is 1.58. The zero-order valence-corrected chi connectivity index (χ0v) is 9.88. The lowest BCUT2D eigenvalue weighted by Crippen LogP contribution is -2.33. The van der Waals surface area contributed by atoms with Crippen molar-refractivity contribution in [1.29, 1.82) is 0 Å². The van der Waals surface area contributed by atoms with E-state index < -0.39 is 11.6 Å². The highest BCUT2D eigenvalue weighted by Gasteiger charge is 2.42. The molecule has 3 nitrogen and oxygen atoms in total. The molecule has 0 radical (unpaired) electrons. The van der Waals surface area contributed by atoms with Gasteiger partial charge < -0.3 is 10.4 Å². The van der Waals surface area contributed by atoms with Crippen LogP contribution in [0.3, 0.4) is 0 Å². The van der Waals surface area contributed by atoms with Gasteiger partial charge in [0.25, 0.3) is 0 Å². The molecule has 5 heteroatoms. The number of hydrogen-bond acceptors (Lipinski definition) is 2. The average Bonchev–Trinajstić information content (AvgIpc) is 3.13. The van der Waals surface area contributed by atoms with Crippen LogP contribution in [0.5, 0.6) is 0 Å². The molecule has 1 amide bonds. The summed E-state index contributed by atoms with van der Waals surface area (Å²) in [7, 11) is 0. The molecule has 2 N–H and O–H groups in total. The van der Waals surface area contributed by atoms with E-state index in [0.29, 0.717) is 6.54 Å². The molecule has 0 unspecified atom stereocenters. The minimum atomic E-state index is -0.976. The van der Waals surface area contributed by atoms with Crippen LogP contribution in [-0.2, 0) is 11.2 Å². The predicted octanol–water partition coefficient (Wildman–Crippen LogP) is 1.40. The third kappa shape index (κ3) is 2.85. The Morgan fingerprint density at radius 3 is 2.72 bits per heavy atom. The summed E-state index contributed by atoms with van der Waals surface area (Å²) in [6.45, 7) is 0.431. The number of nitrogens with one attached hydrogen (secondary N) is 1. The fraction of sp³-hybridized carbons (Fsp3) is 0.462. The highest BCUT2D eigenvalue weighted by molar-refractivity contribution is 5.78. The van der Waals surface area contributed by atoms with Crippen molar-refractivity contribution in [3.63, 3.8) is 0 Å². The van der Waals surface area contributed by atoms with E-state index in [0.717, 1.165) is 18.9 Å². The van der Waals surface area contributed by atoms with Crippen molar-refractivity contribution in [2.24, 2.45) is 5.41 Å². The first-order valence-electron chi connectivity index (χ1n) is 5.87. The molecular formula is C13H15F2NO2. The Morgan fingerprint density at radius 2 is 2.11 bits per heavy atom. The van der Waals surface area contributed by atoms with Gasteiger partial charge in [0.2, 0.25) is 5.91 Å². The highest BCUT2D eigenvalue weighted by Crippen LogP contribution is 2.44. The maximum atomic E-state index is 13.3.